The van der Waals surface area contributed by atoms with E-state index in [1.165, 1.54) is 0 Å². The van der Waals surface area contributed by atoms with Crippen molar-refractivity contribution >= 4 is 29.1 Å². The van der Waals surface area contributed by atoms with E-state index in [1.54, 1.807) is 11.8 Å². The number of hydrogen-bond acceptors (Lipinski definition) is 5. The number of carbonyl (C=O) groups is 1. The summed E-state index contributed by atoms with van der Waals surface area (Å²) >= 11 is 2.07. The fourth-order valence-corrected chi connectivity index (χ4v) is 3.37. The van der Waals surface area contributed by atoms with Crippen LogP contribution in [0.3, 0.4) is 0 Å². The lowest BCUT2D eigenvalue weighted by molar-refractivity contribution is -0.141. The molecule has 0 bridgehead atoms. The van der Waals surface area contributed by atoms with Crippen molar-refractivity contribution in [1.82, 2.24) is 4.98 Å². The van der Waals surface area contributed by atoms with Gasteiger partial charge in [0, 0.05) is 11.5 Å². The minimum atomic E-state index is -4.76. The topological polar surface area (TPSA) is 59.4 Å². The molecule has 2 heterocycles. The van der Waals surface area contributed by atoms with Crippen molar-refractivity contribution in [3.63, 3.8) is 0 Å². The lowest BCUT2D eigenvalue weighted by Crippen LogP contribution is -2.16. The highest BCUT2D eigenvalue weighted by Crippen LogP contribution is 2.38. The van der Waals surface area contributed by atoms with Crippen LogP contribution < -0.4 is 0 Å². The minimum absolute atomic E-state index is 0.0759. The Bertz CT molecular complexity index is 454. The average molecular weight is 299 g/mol. The van der Waals surface area contributed by atoms with Crippen molar-refractivity contribution in [2.45, 2.75) is 12.3 Å². The van der Waals surface area contributed by atoms with Gasteiger partial charge in [-0.2, -0.15) is 24.9 Å². The van der Waals surface area contributed by atoms with Gasteiger partial charge in [0.1, 0.15) is 16.0 Å². The third kappa shape index (κ3) is 2.78. The highest BCUT2D eigenvalue weighted by Gasteiger charge is 2.40. The number of rotatable bonds is 2. The molecule has 0 radical (unpaired) electrons. The summed E-state index contributed by atoms with van der Waals surface area (Å²) in [5.74, 6) is -0.349. The zero-order chi connectivity index (χ0) is 13.3. The van der Waals surface area contributed by atoms with E-state index in [1.807, 2.05) is 0 Å². The summed E-state index contributed by atoms with van der Waals surface area (Å²) in [7, 11) is 0. The Kier molecular flexibility index (Phi) is 3.83. The summed E-state index contributed by atoms with van der Waals surface area (Å²) in [4.78, 5) is 13.4. The normalized spacial score (nSPS) is 20.9. The Morgan fingerprint density at radius 2 is 2.22 bits per heavy atom. The summed E-state index contributed by atoms with van der Waals surface area (Å²) in [6, 6.07) is 0. The molecule has 1 saturated heterocycles. The second kappa shape index (κ2) is 5.06. The first-order valence-corrected chi connectivity index (χ1v) is 6.87. The number of alkyl halides is 3. The van der Waals surface area contributed by atoms with Crippen molar-refractivity contribution in [2.24, 2.45) is 0 Å². The average Bonchev–Trinajstić information content (AvgIpc) is 2.74. The van der Waals surface area contributed by atoms with Crippen LogP contribution in [0.15, 0.2) is 0 Å². The Morgan fingerprint density at radius 1 is 1.50 bits per heavy atom. The summed E-state index contributed by atoms with van der Waals surface area (Å²) in [5, 5.41) is 8.84. The summed E-state index contributed by atoms with van der Waals surface area (Å²) in [6.45, 7) is 0.429. The summed E-state index contributed by atoms with van der Waals surface area (Å²) in [6.07, 6.45) is -5.31. The maximum atomic E-state index is 12.6. The lowest BCUT2D eigenvalue weighted by Gasteiger charge is -2.19. The van der Waals surface area contributed by atoms with Gasteiger partial charge in [-0.05, 0) is 0 Å². The van der Waals surface area contributed by atoms with Crippen molar-refractivity contribution in [3.05, 3.63) is 15.6 Å². The molecule has 1 atom stereocenters. The highest BCUT2D eigenvalue weighted by molar-refractivity contribution is 7.99. The molecule has 4 nitrogen and oxygen atoms in total. The number of thioether (sulfide) groups is 1. The van der Waals surface area contributed by atoms with Gasteiger partial charge in [0.15, 0.2) is 5.69 Å². The maximum absolute atomic E-state index is 12.6. The van der Waals surface area contributed by atoms with Gasteiger partial charge in [-0.25, -0.2) is 9.78 Å². The van der Waals surface area contributed by atoms with Gasteiger partial charge in [-0.3, -0.25) is 0 Å². The Labute approximate surface area is 108 Å². The molecule has 1 aromatic heterocycles. The Morgan fingerprint density at radius 3 is 2.67 bits per heavy atom. The molecule has 1 aliphatic heterocycles. The summed E-state index contributed by atoms with van der Waals surface area (Å²) in [5.41, 5.74) is -1.34. The zero-order valence-corrected chi connectivity index (χ0v) is 10.5. The first-order valence-electron chi connectivity index (χ1n) is 4.90. The van der Waals surface area contributed by atoms with Gasteiger partial charge in [-0.15, -0.1) is 11.3 Å². The lowest BCUT2D eigenvalue weighted by atomic mass is 10.3. The van der Waals surface area contributed by atoms with Gasteiger partial charge in [0.05, 0.1) is 6.61 Å². The molecule has 1 unspecified atom stereocenters. The predicted octanol–water partition coefficient (Wildman–Crippen LogP) is 2.66. The molecule has 0 aromatic carbocycles. The van der Waals surface area contributed by atoms with E-state index in [2.05, 4.69) is 4.98 Å². The van der Waals surface area contributed by atoms with Crippen LogP contribution in [0, 0.1) is 0 Å². The predicted molar refractivity (Wildman–Crippen MR) is 60.1 cm³/mol. The molecule has 0 aliphatic carbocycles. The van der Waals surface area contributed by atoms with Crippen molar-refractivity contribution in [1.29, 1.82) is 0 Å². The number of halogens is 3. The van der Waals surface area contributed by atoms with E-state index in [0.29, 0.717) is 23.7 Å². The molecule has 1 aliphatic rings. The van der Waals surface area contributed by atoms with Crippen molar-refractivity contribution < 1.29 is 27.8 Å². The standard InChI is InChI=1S/C9H8F3NO3S2/c10-9(11,12)6-5(8(14)15)18-7(13-6)4-3-17-2-1-16-4/h4H,1-3H2,(H,14,15). The van der Waals surface area contributed by atoms with Crippen LogP contribution in [-0.2, 0) is 10.9 Å². The van der Waals surface area contributed by atoms with E-state index in [0.717, 1.165) is 5.75 Å². The van der Waals surface area contributed by atoms with Gasteiger partial charge in [0.2, 0.25) is 0 Å². The van der Waals surface area contributed by atoms with Crippen LogP contribution >= 0.6 is 23.1 Å². The Balaban J connectivity index is 2.35. The fraction of sp³-hybridized carbons (Fsp3) is 0.556. The molecule has 18 heavy (non-hydrogen) atoms. The molecule has 2 rings (SSSR count). The van der Waals surface area contributed by atoms with Gasteiger partial charge < -0.3 is 9.84 Å². The first-order chi connectivity index (χ1) is 8.39. The SMILES string of the molecule is O=C(O)c1sc(C2CSCCO2)nc1C(F)(F)F. The van der Waals surface area contributed by atoms with Crippen LogP contribution in [0.1, 0.15) is 26.5 Å². The number of aromatic carboxylic acids is 1. The van der Waals surface area contributed by atoms with Crippen molar-refractivity contribution in [3.8, 4) is 0 Å². The van der Waals surface area contributed by atoms with E-state index in [4.69, 9.17) is 9.84 Å². The maximum Gasteiger partial charge on any atom is 0.435 e. The van der Waals surface area contributed by atoms with Gasteiger partial charge in [0.25, 0.3) is 0 Å². The summed E-state index contributed by atoms with van der Waals surface area (Å²) < 4.78 is 43.2. The number of carboxylic acids is 1. The fourth-order valence-electron chi connectivity index (χ4n) is 1.44. The number of nitrogens with zero attached hydrogens (tertiary/aromatic N) is 1. The molecule has 1 N–H and O–H groups in total. The van der Waals surface area contributed by atoms with E-state index >= 15 is 0 Å². The van der Waals surface area contributed by atoms with E-state index in [-0.39, 0.29) is 5.01 Å². The molecule has 9 heteroatoms. The minimum Gasteiger partial charge on any atom is -0.477 e. The quantitative estimate of drug-likeness (QED) is 0.909. The molecular weight excluding hydrogens is 291 g/mol. The van der Waals surface area contributed by atoms with Crippen molar-refractivity contribution in [2.75, 3.05) is 18.1 Å². The molecule has 0 spiro atoms. The molecule has 0 amide bonds. The zero-order valence-electron chi connectivity index (χ0n) is 8.86. The van der Waals surface area contributed by atoms with Gasteiger partial charge in [-0.1, -0.05) is 0 Å². The Hall–Kier alpha value is -0.800. The largest absolute Gasteiger partial charge is 0.477 e. The second-order valence-electron chi connectivity index (χ2n) is 3.47. The van der Waals surface area contributed by atoms with Crippen LogP contribution in [0.5, 0.6) is 0 Å². The third-order valence-corrected chi connectivity index (χ3v) is 4.33. The molecule has 100 valence electrons. The van der Waals surface area contributed by atoms with Crippen LogP contribution in [-0.4, -0.2) is 34.2 Å². The molecule has 1 fully saturated rings. The number of ether oxygens (including phenoxy) is 1. The number of hydrogen-bond donors (Lipinski definition) is 1. The number of thiazole rings is 1. The molecule has 0 saturated carbocycles. The first kappa shape index (κ1) is 13.6. The second-order valence-corrected chi connectivity index (χ2v) is 5.65. The van der Waals surface area contributed by atoms with Crippen LogP contribution in [0.2, 0.25) is 0 Å². The number of aromatic nitrogens is 1. The van der Waals surface area contributed by atoms with Gasteiger partial charge >= 0.3 is 12.1 Å². The van der Waals surface area contributed by atoms with Crippen LogP contribution in [0.25, 0.3) is 0 Å². The molecule has 1 aromatic rings. The van der Waals surface area contributed by atoms with Crippen LogP contribution in [0.4, 0.5) is 13.2 Å². The smallest absolute Gasteiger partial charge is 0.435 e. The third-order valence-electron chi connectivity index (χ3n) is 2.20. The number of carboxylic acid groups (broad SMARTS) is 1. The highest BCUT2D eigenvalue weighted by atomic mass is 32.2. The van der Waals surface area contributed by atoms with E-state index < -0.39 is 28.8 Å². The monoisotopic (exact) mass is 299 g/mol. The van der Waals surface area contributed by atoms with E-state index in [9.17, 15) is 18.0 Å². The molecular formula is C9H8F3NO3S2.